The van der Waals surface area contributed by atoms with Crippen molar-refractivity contribution in [2.24, 2.45) is 0 Å². The molecule has 0 aliphatic heterocycles. The van der Waals surface area contributed by atoms with Crippen LogP contribution in [0.3, 0.4) is 0 Å². The van der Waals surface area contributed by atoms with Gasteiger partial charge in [-0.3, -0.25) is 9.36 Å². The van der Waals surface area contributed by atoms with E-state index in [0.717, 1.165) is 15.5 Å². The molecule has 0 spiro atoms. The van der Waals surface area contributed by atoms with Crippen LogP contribution in [0.25, 0.3) is 11.0 Å². The number of nitrogens with zero attached hydrogens (tertiary/aromatic N) is 2. The van der Waals surface area contributed by atoms with Crippen LogP contribution in [0.5, 0.6) is 0 Å². The van der Waals surface area contributed by atoms with Crippen molar-refractivity contribution in [3.63, 3.8) is 0 Å². The molecule has 0 aliphatic rings. The topological polar surface area (TPSA) is 70.1 Å². The molecule has 0 saturated carbocycles. The van der Waals surface area contributed by atoms with E-state index in [9.17, 15) is 4.79 Å². The molecule has 2 aromatic rings. The number of hydrogen-bond acceptors (Lipinski definition) is 4. The third kappa shape index (κ3) is 2.41. The maximum atomic E-state index is 11.4. The fourth-order valence-electron chi connectivity index (χ4n) is 1.62. The van der Waals surface area contributed by atoms with E-state index in [4.69, 9.17) is 10.5 Å². The molecular formula is C11H12BrN3O2. The molecule has 0 bridgehead atoms. The first-order chi connectivity index (χ1) is 8.11. The Bertz CT molecular complexity index is 565. The normalized spacial score (nSPS) is 10.7. The Kier molecular flexibility index (Phi) is 3.33. The first-order valence-electron chi connectivity index (χ1n) is 5.18. The SMILES string of the molecule is CCOC(=O)Cn1c(N)nc2cc(Br)ccc21. The highest BCUT2D eigenvalue weighted by atomic mass is 79.9. The number of rotatable bonds is 3. The Morgan fingerprint density at radius 2 is 2.35 bits per heavy atom. The average Bonchev–Trinajstić information content (AvgIpc) is 2.55. The second-order valence-corrected chi connectivity index (χ2v) is 4.41. The van der Waals surface area contributed by atoms with Crippen molar-refractivity contribution >= 4 is 38.9 Å². The number of benzene rings is 1. The molecule has 17 heavy (non-hydrogen) atoms. The molecule has 0 saturated heterocycles. The number of fused-ring (bicyclic) bond motifs is 1. The van der Waals surface area contributed by atoms with Crippen molar-refractivity contribution in [3.05, 3.63) is 22.7 Å². The lowest BCUT2D eigenvalue weighted by Crippen LogP contribution is -2.15. The van der Waals surface area contributed by atoms with E-state index < -0.39 is 0 Å². The second-order valence-electron chi connectivity index (χ2n) is 3.49. The van der Waals surface area contributed by atoms with Gasteiger partial charge in [0.1, 0.15) is 6.54 Å². The maximum Gasteiger partial charge on any atom is 0.326 e. The van der Waals surface area contributed by atoms with Crippen LogP contribution >= 0.6 is 15.9 Å². The van der Waals surface area contributed by atoms with Gasteiger partial charge in [-0.2, -0.15) is 0 Å². The van der Waals surface area contributed by atoms with Gasteiger partial charge in [-0.05, 0) is 25.1 Å². The fourth-order valence-corrected chi connectivity index (χ4v) is 1.97. The number of carbonyl (C=O) groups excluding carboxylic acids is 1. The van der Waals surface area contributed by atoms with Gasteiger partial charge in [0, 0.05) is 4.47 Å². The summed E-state index contributed by atoms with van der Waals surface area (Å²) < 4.78 is 7.45. The van der Waals surface area contributed by atoms with Gasteiger partial charge >= 0.3 is 5.97 Å². The molecule has 0 atom stereocenters. The minimum Gasteiger partial charge on any atom is -0.465 e. The Morgan fingerprint density at radius 3 is 3.06 bits per heavy atom. The van der Waals surface area contributed by atoms with Crippen molar-refractivity contribution in [1.82, 2.24) is 9.55 Å². The van der Waals surface area contributed by atoms with Gasteiger partial charge in [0.25, 0.3) is 0 Å². The predicted molar refractivity (Wildman–Crippen MR) is 68.5 cm³/mol. The molecule has 0 amide bonds. The number of halogens is 1. The van der Waals surface area contributed by atoms with Crippen LogP contribution in [0.15, 0.2) is 22.7 Å². The number of esters is 1. The lowest BCUT2D eigenvalue weighted by molar-refractivity contribution is -0.143. The quantitative estimate of drug-likeness (QED) is 0.879. The van der Waals surface area contributed by atoms with E-state index in [-0.39, 0.29) is 12.5 Å². The number of anilines is 1. The highest BCUT2D eigenvalue weighted by Gasteiger charge is 2.12. The zero-order chi connectivity index (χ0) is 12.4. The number of ether oxygens (including phenoxy) is 1. The monoisotopic (exact) mass is 297 g/mol. The summed E-state index contributed by atoms with van der Waals surface area (Å²) in [7, 11) is 0. The molecule has 90 valence electrons. The zero-order valence-corrected chi connectivity index (χ0v) is 10.9. The second kappa shape index (κ2) is 4.75. The largest absolute Gasteiger partial charge is 0.465 e. The Balaban J connectivity index is 2.39. The molecule has 2 N–H and O–H groups in total. The minimum atomic E-state index is -0.318. The van der Waals surface area contributed by atoms with E-state index in [0.29, 0.717) is 12.6 Å². The van der Waals surface area contributed by atoms with Crippen molar-refractivity contribution in [2.45, 2.75) is 13.5 Å². The van der Waals surface area contributed by atoms with Crippen LogP contribution < -0.4 is 5.73 Å². The summed E-state index contributed by atoms with van der Waals surface area (Å²) in [5.74, 6) is -0.00688. The highest BCUT2D eigenvalue weighted by molar-refractivity contribution is 9.10. The summed E-state index contributed by atoms with van der Waals surface area (Å²) in [4.78, 5) is 15.6. The van der Waals surface area contributed by atoms with Crippen LogP contribution in [0.2, 0.25) is 0 Å². The van der Waals surface area contributed by atoms with Crippen LogP contribution in [-0.2, 0) is 16.1 Å². The van der Waals surface area contributed by atoms with Crippen LogP contribution in [0.4, 0.5) is 5.95 Å². The summed E-state index contributed by atoms with van der Waals surface area (Å²) in [5.41, 5.74) is 7.35. The van der Waals surface area contributed by atoms with Crippen molar-refractivity contribution in [1.29, 1.82) is 0 Å². The number of nitrogen functional groups attached to an aromatic ring is 1. The Labute approximate surface area is 107 Å². The zero-order valence-electron chi connectivity index (χ0n) is 9.31. The van der Waals surface area contributed by atoms with Gasteiger partial charge in [0.2, 0.25) is 5.95 Å². The van der Waals surface area contributed by atoms with Crippen LogP contribution in [0, 0.1) is 0 Å². The number of carbonyl (C=O) groups is 1. The maximum absolute atomic E-state index is 11.4. The standard InChI is InChI=1S/C11H12BrN3O2/c1-2-17-10(16)6-15-9-4-3-7(12)5-8(9)14-11(15)13/h3-5H,2,6H2,1H3,(H2,13,14). The van der Waals surface area contributed by atoms with Crippen molar-refractivity contribution < 1.29 is 9.53 Å². The summed E-state index contributed by atoms with van der Waals surface area (Å²) in [6, 6.07) is 5.60. The lowest BCUT2D eigenvalue weighted by Gasteiger charge is -2.05. The fraction of sp³-hybridized carbons (Fsp3) is 0.273. The van der Waals surface area contributed by atoms with E-state index in [2.05, 4.69) is 20.9 Å². The molecule has 1 aromatic heterocycles. The van der Waals surface area contributed by atoms with Gasteiger partial charge in [-0.1, -0.05) is 15.9 Å². The summed E-state index contributed by atoms with van der Waals surface area (Å²) in [5, 5.41) is 0. The molecule has 0 unspecified atom stereocenters. The van der Waals surface area contributed by atoms with Gasteiger partial charge in [0.05, 0.1) is 17.6 Å². The number of aromatic nitrogens is 2. The molecular weight excluding hydrogens is 286 g/mol. The molecule has 2 rings (SSSR count). The Hall–Kier alpha value is -1.56. The van der Waals surface area contributed by atoms with Gasteiger partial charge in [-0.15, -0.1) is 0 Å². The van der Waals surface area contributed by atoms with Gasteiger partial charge in [0.15, 0.2) is 0 Å². The van der Waals surface area contributed by atoms with Crippen LogP contribution in [0.1, 0.15) is 6.92 Å². The van der Waals surface area contributed by atoms with E-state index >= 15 is 0 Å². The lowest BCUT2D eigenvalue weighted by atomic mass is 10.3. The Morgan fingerprint density at radius 1 is 1.59 bits per heavy atom. The first-order valence-corrected chi connectivity index (χ1v) is 5.98. The van der Waals surface area contributed by atoms with E-state index in [1.54, 1.807) is 11.5 Å². The van der Waals surface area contributed by atoms with Gasteiger partial charge < -0.3 is 10.5 Å². The minimum absolute atomic E-state index is 0.0812. The smallest absolute Gasteiger partial charge is 0.326 e. The number of imidazole rings is 1. The number of hydrogen-bond donors (Lipinski definition) is 1. The molecule has 1 aromatic carbocycles. The predicted octanol–water partition coefficient (Wildman–Crippen LogP) is 1.94. The third-order valence-corrected chi connectivity index (χ3v) is 2.83. The highest BCUT2D eigenvalue weighted by Crippen LogP contribution is 2.21. The van der Waals surface area contributed by atoms with Crippen LogP contribution in [-0.4, -0.2) is 22.1 Å². The molecule has 0 aliphatic carbocycles. The van der Waals surface area contributed by atoms with E-state index in [1.807, 2.05) is 18.2 Å². The molecule has 1 heterocycles. The van der Waals surface area contributed by atoms with Gasteiger partial charge in [-0.25, -0.2) is 4.98 Å². The molecule has 6 heteroatoms. The molecule has 5 nitrogen and oxygen atoms in total. The van der Waals surface area contributed by atoms with Crippen molar-refractivity contribution in [3.8, 4) is 0 Å². The number of nitrogens with two attached hydrogens (primary N) is 1. The molecule has 0 fully saturated rings. The summed E-state index contributed by atoms with van der Waals surface area (Å²) in [6.45, 7) is 2.21. The average molecular weight is 298 g/mol. The summed E-state index contributed by atoms with van der Waals surface area (Å²) in [6.07, 6.45) is 0. The first kappa shape index (κ1) is 11.9. The third-order valence-electron chi connectivity index (χ3n) is 2.33. The molecule has 0 radical (unpaired) electrons. The van der Waals surface area contributed by atoms with E-state index in [1.165, 1.54) is 0 Å². The summed E-state index contributed by atoms with van der Waals surface area (Å²) >= 11 is 3.36. The van der Waals surface area contributed by atoms with Crippen molar-refractivity contribution in [2.75, 3.05) is 12.3 Å².